The molecule has 1 saturated heterocycles. The van der Waals surface area contributed by atoms with E-state index in [0.717, 1.165) is 42.3 Å². The van der Waals surface area contributed by atoms with Crippen molar-refractivity contribution in [2.75, 3.05) is 43.0 Å². The van der Waals surface area contributed by atoms with Gasteiger partial charge in [-0.1, -0.05) is 48.5 Å². The van der Waals surface area contributed by atoms with Gasteiger partial charge in [-0.3, -0.25) is 4.79 Å². The van der Waals surface area contributed by atoms with Gasteiger partial charge in [-0.25, -0.2) is 4.98 Å². The van der Waals surface area contributed by atoms with Crippen LogP contribution >= 0.6 is 0 Å². The van der Waals surface area contributed by atoms with Crippen molar-refractivity contribution in [2.24, 2.45) is 0 Å². The number of piperazine rings is 1. The fourth-order valence-corrected chi connectivity index (χ4v) is 3.31. The first kappa shape index (κ1) is 18.0. The third-order valence-electron chi connectivity index (χ3n) is 5.00. The zero-order chi connectivity index (χ0) is 19.3. The number of nitrogens with zero attached hydrogens (tertiary/aromatic N) is 5. The van der Waals surface area contributed by atoms with E-state index < -0.39 is 0 Å². The number of amides is 1. The molecule has 2 heterocycles. The molecule has 0 saturated carbocycles. The molecule has 142 valence electrons. The minimum absolute atomic E-state index is 0.653. The molecule has 28 heavy (non-hydrogen) atoms. The van der Waals surface area contributed by atoms with Crippen LogP contribution in [-0.2, 0) is 4.79 Å². The van der Waals surface area contributed by atoms with Gasteiger partial charge in [-0.2, -0.15) is 4.98 Å². The van der Waals surface area contributed by atoms with Crippen LogP contribution in [0, 0.1) is 0 Å². The molecule has 1 amide bonds. The number of para-hydroxylation sites is 1. The van der Waals surface area contributed by atoms with Crippen LogP contribution in [-0.4, -0.2) is 54.5 Å². The lowest BCUT2D eigenvalue weighted by atomic mass is 10.1. The Balaban J connectivity index is 1.72. The highest BCUT2D eigenvalue weighted by atomic mass is 16.1. The molecule has 6 nitrogen and oxygen atoms in total. The van der Waals surface area contributed by atoms with Crippen LogP contribution in [0.3, 0.4) is 0 Å². The van der Waals surface area contributed by atoms with E-state index in [-0.39, 0.29) is 0 Å². The Morgan fingerprint density at radius 2 is 1.54 bits per heavy atom. The Kier molecular flexibility index (Phi) is 5.19. The van der Waals surface area contributed by atoms with E-state index in [1.807, 2.05) is 66.5 Å². The Labute approximate surface area is 165 Å². The molecule has 0 spiro atoms. The topological polar surface area (TPSA) is 52.6 Å². The zero-order valence-electron chi connectivity index (χ0n) is 15.9. The fourth-order valence-electron chi connectivity index (χ4n) is 3.31. The summed E-state index contributed by atoms with van der Waals surface area (Å²) in [4.78, 5) is 26.7. The number of carbonyl (C=O) groups excluding carboxylic acids is 1. The van der Waals surface area contributed by atoms with Gasteiger partial charge < -0.3 is 14.7 Å². The first-order valence-electron chi connectivity index (χ1n) is 9.42. The van der Waals surface area contributed by atoms with Gasteiger partial charge in [0.25, 0.3) is 0 Å². The van der Waals surface area contributed by atoms with Crippen LogP contribution in [0.2, 0.25) is 0 Å². The largest absolute Gasteiger partial charge is 0.353 e. The number of anilines is 3. The van der Waals surface area contributed by atoms with Crippen molar-refractivity contribution in [1.29, 1.82) is 0 Å². The minimum Gasteiger partial charge on any atom is -0.353 e. The molecule has 0 radical (unpaired) electrons. The molecule has 1 aliphatic heterocycles. The van der Waals surface area contributed by atoms with E-state index in [1.165, 1.54) is 0 Å². The smallest absolute Gasteiger partial charge is 0.232 e. The molecule has 4 rings (SSSR count). The van der Waals surface area contributed by atoms with E-state index in [9.17, 15) is 4.79 Å². The first-order valence-corrected chi connectivity index (χ1v) is 9.42. The van der Waals surface area contributed by atoms with E-state index in [4.69, 9.17) is 9.97 Å². The van der Waals surface area contributed by atoms with Crippen molar-refractivity contribution in [3.05, 3.63) is 66.7 Å². The molecular weight excluding hydrogens is 350 g/mol. The summed E-state index contributed by atoms with van der Waals surface area (Å²) in [7, 11) is 1.98. The van der Waals surface area contributed by atoms with Gasteiger partial charge in [-0.05, 0) is 12.1 Å². The molecule has 0 atom stereocenters. The van der Waals surface area contributed by atoms with Crippen LogP contribution < -0.4 is 9.80 Å². The van der Waals surface area contributed by atoms with Crippen LogP contribution in [0.4, 0.5) is 17.5 Å². The van der Waals surface area contributed by atoms with Gasteiger partial charge in [0.05, 0.1) is 5.69 Å². The molecule has 0 N–H and O–H groups in total. The molecule has 0 unspecified atom stereocenters. The molecule has 3 aromatic rings. The van der Waals surface area contributed by atoms with Crippen LogP contribution in [0.1, 0.15) is 0 Å². The van der Waals surface area contributed by atoms with Gasteiger partial charge in [-0.15, -0.1) is 0 Å². The molecular formula is C22H23N5O. The Bertz CT molecular complexity index is 924. The summed E-state index contributed by atoms with van der Waals surface area (Å²) >= 11 is 0. The average molecular weight is 373 g/mol. The van der Waals surface area contributed by atoms with Crippen molar-refractivity contribution < 1.29 is 4.79 Å². The van der Waals surface area contributed by atoms with Crippen molar-refractivity contribution in [2.45, 2.75) is 0 Å². The maximum absolute atomic E-state index is 11.0. The van der Waals surface area contributed by atoms with E-state index in [1.54, 1.807) is 4.90 Å². The molecule has 1 aliphatic rings. The summed E-state index contributed by atoms with van der Waals surface area (Å²) in [5, 5.41) is 0. The molecule has 1 aromatic heterocycles. The maximum atomic E-state index is 11.0. The highest BCUT2D eigenvalue weighted by Gasteiger charge is 2.20. The summed E-state index contributed by atoms with van der Waals surface area (Å²) in [5.74, 6) is 1.54. The van der Waals surface area contributed by atoms with Gasteiger partial charge in [0.15, 0.2) is 0 Å². The lowest BCUT2D eigenvalue weighted by molar-refractivity contribution is -0.118. The van der Waals surface area contributed by atoms with Crippen molar-refractivity contribution in [3.63, 3.8) is 0 Å². The zero-order valence-corrected chi connectivity index (χ0v) is 15.9. The number of hydrogen-bond donors (Lipinski definition) is 0. The van der Waals surface area contributed by atoms with Gasteiger partial charge in [0.2, 0.25) is 12.4 Å². The lowest BCUT2D eigenvalue weighted by Crippen LogP contribution is -2.46. The highest BCUT2D eigenvalue weighted by molar-refractivity contribution is 5.67. The maximum Gasteiger partial charge on any atom is 0.232 e. The summed E-state index contributed by atoms with van der Waals surface area (Å²) in [6.07, 6.45) is 0.918. The summed E-state index contributed by atoms with van der Waals surface area (Å²) < 4.78 is 0. The quantitative estimate of drug-likeness (QED) is 0.643. The average Bonchev–Trinajstić information content (AvgIpc) is 2.79. The van der Waals surface area contributed by atoms with E-state index in [0.29, 0.717) is 19.0 Å². The predicted octanol–water partition coefficient (Wildman–Crippen LogP) is 3.19. The van der Waals surface area contributed by atoms with Crippen LogP contribution in [0.5, 0.6) is 0 Å². The Morgan fingerprint density at radius 1 is 0.893 bits per heavy atom. The minimum atomic E-state index is 0.653. The second-order valence-electron chi connectivity index (χ2n) is 6.80. The summed E-state index contributed by atoms with van der Waals surface area (Å²) in [6.45, 7) is 2.94. The van der Waals surface area contributed by atoms with Crippen molar-refractivity contribution in [3.8, 4) is 11.3 Å². The van der Waals surface area contributed by atoms with Crippen molar-refractivity contribution >= 4 is 23.9 Å². The highest BCUT2D eigenvalue weighted by Crippen LogP contribution is 2.28. The Morgan fingerprint density at radius 3 is 2.18 bits per heavy atom. The summed E-state index contributed by atoms with van der Waals surface area (Å²) in [6, 6.07) is 22.3. The van der Waals surface area contributed by atoms with Crippen LogP contribution in [0.15, 0.2) is 66.7 Å². The molecule has 6 heteroatoms. The number of benzene rings is 2. The standard InChI is InChI=1S/C22H23N5O/c1-25(19-10-6-3-7-11-19)22-23-20(18-8-4-2-5-9-18)16-21(24-22)27-14-12-26(17-28)13-15-27/h2-11,16-17H,12-15H2,1H3. The SMILES string of the molecule is CN(c1ccccc1)c1nc(-c2ccccc2)cc(N2CCN(C=O)CC2)n1. The second kappa shape index (κ2) is 8.08. The third kappa shape index (κ3) is 3.81. The third-order valence-corrected chi connectivity index (χ3v) is 5.00. The van der Waals surface area contributed by atoms with E-state index >= 15 is 0 Å². The first-order chi connectivity index (χ1) is 13.7. The number of carbonyl (C=O) groups is 1. The normalized spacial score (nSPS) is 14.0. The van der Waals surface area contributed by atoms with Gasteiger partial charge in [0.1, 0.15) is 5.82 Å². The predicted molar refractivity (Wildman–Crippen MR) is 112 cm³/mol. The van der Waals surface area contributed by atoms with Crippen molar-refractivity contribution in [1.82, 2.24) is 14.9 Å². The molecule has 0 aliphatic carbocycles. The van der Waals surface area contributed by atoms with Gasteiger partial charge in [0, 0.05) is 50.5 Å². The second-order valence-corrected chi connectivity index (χ2v) is 6.80. The number of hydrogen-bond acceptors (Lipinski definition) is 5. The fraction of sp³-hybridized carbons (Fsp3) is 0.227. The Hall–Kier alpha value is -3.41. The van der Waals surface area contributed by atoms with Gasteiger partial charge >= 0.3 is 0 Å². The molecule has 1 fully saturated rings. The van der Waals surface area contributed by atoms with Crippen LogP contribution in [0.25, 0.3) is 11.3 Å². The molecule has 2 aromatic carbocycles. The number of aromatic nitrogens is 2. The molecule has 0 bridgehead atoms. The van der Waals surface area contributed by atoms with E-state index in [2.05, 4.69) is 17.0 Å². The monoisotopic (exact) mass is 373 g/mol. The number of rotatable bonds is 5. The summed E-state index contributed by atoms with van der Waals surface area (Å²) in [5.41, 5.74) is 2.98. The lowest BCUT2D eigenvalue weighted by Gasteiger charge is -2.33.